The molecule has 0 saturated carbocycles. The van der Waals surface area contributed by atoms with Gasteiger partial charge in [-0.1, -0.05) is 10.3 Å². The highest BCUT2D eigenvalue weighted by molar-refractivity contribution is 14.1. The van der Waals surface area contributed by atoms with Crippen molar-refractivity contribution in [2.75, 3.05) is 0 Å². The summed E-state index contributed by atoms with van der Waals surface area (Å²) in [6.45, 7) is 3.16. The highest BCUT2D eigenvalue weighted by Crippen LogP contribution is 1.75. The summed E-state index contributed by atoms with van der Waals surface area (Å²) in [7, 11) is 0. The average Bonchev–Trinajstić information content (AvgIpc) is 1.68. The predicted molar refractivity (Wildman–Crippen MR) is 33.4 cm³/mol. The van der Waals surface area contributed by atoms with Crippen LogP contribution in [0.1, 0.15) is 0 Å². The first-order valence-corrected chi connectivity index (χ1v) is 2.58. The van der Waals surface area contributed by atoms with E-state index in [4.69, 9.17) is 0 Å². The van der Waals surface area contributed by atoms with Crippen LogP contribution in [0.5, 0.6) is 0 Å². The van der Waals surface area contributed by atoms with Gasteiger partial charge in [-0.3, -0.25) is 0 Å². The lowest BCUT2D eigenvalue weighted by atomic mass is 10.7. The molecule has 0 aliphatic carbocycles. The Bertz CT molecular complexity index is 83.0. The van der Waals surface area contributed by atoms with Gasteiger partial charge in [-0.2, -0.15) is 0 Å². The molecule has 0 rings (SSSR count). The fourth-order valence-electron chi connectivity index (χ4n) is 0.0797. The van der Waals surface area contributed by atoms with E-state index >= 15 is 0 Å². The van der Waals surface area contributed by atoms with Crippen molar-refractivity contribution in [2.45, 2.75) is 0 Å². The SMILES string of the molecule is C=CC(=O)ONI. The van der Waals surface area contributed by atoms with Crippen molar-refractivity contribution >= 4 is 28.8 Å². The Labute approximate surface area is 55.2 Å². The van der Waals surface area contributed by atoms with Crippen molar-refractivity contribution in [2.24, 2.45) is 0 Å². The van der Waals surface area contributed by atoms with Crippen LogP contribution >= 0.6 is 22.9 Å². The van der Waals surface area contributed by atoms with Gasteiger partial charge in [-0.15, -0.1) is 0 Å². The molecule has 0 aromatic rings. The second-order valence-corrected chi connectivity index (χ2v) is 1.14. The molecule has 0 heterocycles. The Morgan fingerprint density at radius 3 is 2.71 bits per heavy atom. The van der Waals surface area contributed by atoms with Crippen LogP contribution in [0.4, 0.5) is 0 Å². The monoisotopic (exact) mass is 213 g/mol. The zero-order valence-electron chi connectivity index (χ0n) is 3.48. The maximum atomic E-state index is 10.0. The van der Waals surface area contributed by atoms with Crippen molar-refractivity contribution in [1.82, 2.24) is 3.69 Å². The van der Waals surface area contributed by atoms with Gasteiger partial charge in [0.2, 0.25) is 0 Å². The molecular weight excluding hydrogens is 209 g/mol. The number of halogens is 1. The highest BCUT2D eigenvalue weighted by Gasteiger charge is 1.87. The molecule has 0 atom stereocenters. The number of nitrogens with one attached hydrogen (secondary N) is 1. The molecule has 0 aromatic heterocycles. The summed E-state index contributed by atoms with van der Waals surface area (Å²) in [5, 5.41) is 0. The molecule has 0 aromatic carbocycles. The highest BCUT2D eigenvalue weighted by atomic mass is 127. The van der Waals surface area contributed by atoms with E-state index in [9.17, 15) is 4.79 Å². The first kappa shape index (κ1) is 6.90. The van der Waals surface area contributed by atoms with Crippen LogP contribution in [-0.2, 0) is 9.63 Å². The Morgan fingerprint density at radius 2 is 2.57 bits per heavy atom. The topological polar surface area (TPSA) is 38.3 Å². The fourth-order valence-corrected chi connectivity index (χ4v) is 0.297. The minimum absolute atomic E-state index is 0.477. The van der Waals surface area contributed by atoms with E-state index in [1.165, 1.54) is 0 Å². The fraction of sp³-hybridized carbons (Fsp3) is 0. The molecule has 0 bridgehead atoms. The summed E-state index contributed by atoms with van der Waals surface area (Å²) < 4.78 is 2.17. The summed E-state index contributed by atoms with van der Waals surface area (Å²) in [6, 6.07) is 0. The lowest BCUT2D eigenvalue weighted by Crippen LogP contribution is -2.05. The minimum Gasteiger partial charge on any atom is -0.357 e. The van der Waals surface area contributed by atoms with Gasteiger partial charge >= 0.3 is 5.97 Å². The van der Waals surface area contributed by atoms with Crippen LogP contribution in [0, 0.1) is 0 Å². The number of carbonyl (C=O) groups excluding carboxylic acids is 1. The second-order valence-electron chi connectivity index (χ2n) is 0.702. The third-order valence-electron chi connectivity index (χ3n) is 0.306. The van der Waals surface area contributed by atoms with E-state index in [0.29, 0.717) is 0 Å². The molecule has 3 nitrogen and oxygen atoms in total. The first-order valence-electron chi connectivity index (χ1n) is 1.50. The summed E-state index contributed by atoms with van der Waals surface area (Å²) in [4.78, 5) is 14.2. The first-order chi connectivity index (χ1) is 3.31. The molecule has 0 amide bonds. The van der Waals surface area contributed by atoms with Crippen molar-refractivity contribution in [3.05, 3.63) is 12.7 Å². The molecule has 0 unspecified atom stereocenters. The lowest BCUT2D eigenvalue weighted by Gasteiger charge is -1.89. The molecule has 0 spiro atoms. The zero-order chi connectivity index (χ0) is 5.70. The molecular formula is C3H4INO2. The van der Waals surface area contributed by atoms with E-state index in [1.807, 2.05) is 0 Å². The van der Waals surface area contributed by atoms with Crippen LogP contribution in [0.3, 0.4) is 0 Å². The summed E-state index contributed by atoms with van der Waals surface area (Å²) in [5.41, 5.74) is 0. The average molecular weight is 213 g/mol. The van der Waals surface area contributed by atoms with Crippen LogP contribution in [-0.4, -0.2) is 5.97 Å². The van der Waals surface area contributed by atoms with Crippen molar-refractivity contribution in [1.29, 1.82) is 0 Å². The Balaban J connectivity index is 3.17. The molecule has 0 aliphatic heterocycles. The van der Waals surface area contributed by atoms with E-state index in [0.717, 1.165) is 6.08 Å². The third-order valence-corrected chi connectivity index (χ3v) is 0.526. The van der Waals surface area contributed by atoms with Gasteiger partial charge < -0.3 is 4.84 Å². The Kier molecular flexibility index (Phi) is 4.01. The van der Waals surface area contributed by atoms with Crippen molar-refractivity contribution < 1.29 is 9.63 Å². The summed E-state index contributed by atoms with van der Waals surface area (Å²) in [5.74, 6) is -0.477. The zero-order valence-corrected chi connectivity index (χ0v) is 5.64. The quantitative estimate of drug-likeness (QED) is 0.315. The van der Waals surface area contributed by atoms with Crippen molar-refractivity contribution in [3.63, 3.8) is 0 Å². The van der Waals surface area contributed by atoms with Crippen LogP contribution in [0.15, 0.2) is 12.7 Å². The number of rotatable bonds is 2. The predicted octanol–water partition coefficient (Wildman–Crippen LogP) is 0.570. The van der Waals surface area contributed by atoms with E-state index in [1.54, 1.807) is 22.9 Å². The van der Waals surface area contributed by atoms with Crippen molar-refractivity contribution in [3.8, 4) is 0 Å². The number of carbonyl (C=O) groups is 1. The number of hydrogen-bond acceptors (Lipinski definition) is 3. The van der Waals surface area contributed by atoms with Crippen LogP contribution in [0.25, 0.3) is 0 Å². The third kappa shape index (κ3) is 3.74. The standard InChI is InChI=1S/C3H4INO2/c1-2-3(6)7-5-4/h2,5H,1H2. The molecule has 0 saturated heterocycles. The van der Waals surface area contributed by atoms with Gasteiger partial charge in [0.15, 0.2) is 0 Å². The maximum Gasteiger partial charge on any atom is 0.349 e. The molecule has 40 valence electrons. The summed E-state index contributed by atoms with van der Waals surface area (Å²) >= 11 is 1.69. The molecule has 4 heteroatoms. The molecule has 1 N–H and O–H groups in total. The van der Waals surface area contributed by atoms with Gasteiger partial charge in [-0.25, -0.2) is 4.79 Å². The van der Waals surface area contributed by atoms with E-state index in [2.05, 4.69) is 15.1 Å². The summed E-state index contributed by atoms with van der Waals surface area (Å²) in [6.07, 6.45) is 1.08. The number of hydrogen-bond donors (Lipinski definition) is 1. The lowest BCUT2D eigenvalue weighted by molar-refractivity contribution is -0.139. The Morgan fingerprint density at radius 1 is 2.00 bits per heavy atom. The maximum absolute atomic E-state index is 10.0. The minimum atomic E-state index is -0.477. The van der Waals surface area contributed by atoms with Gasteiger partial charge in [0, 0.05) is 6.08 Å². The van der Waals surface area contributed by atoms with Gasteiger partial charge in [0.05, 0.1) is 22.9 Å². The molecule has 0 radical (unpaired) electrons. The normalized spacial score (nSPS) is 7.57. The van der Waals surface area contributed by atoms with E-state index < -0.39 is 5.97 Å². The van der Waals surface area contributed by atoms with Crippen LogP contribution in [0.2, 0.25) is 0 Å². The smallest absolute Gasteiger partial charge is 0.349 e. The van der Waals surface area contributed by atoms with Gasteiger partial charge in [0.25, 0.3) is 0 Å². The van der Waals surface area contributed by atoms with Gasteiger partial charge in [-0.05, 0) is 0 Å². The van der Waals surface area contributed by atoms with Gasteiger partial charge in [0.1, 0.15) is 0 Å². The Hall–Kier alpha value is -0.100. The molecule has 0 fully saturated rings. The van der Waals surface area contributed by atoms with E-state index in [-0.39, 0.29) is 0 Å². The largest absolute Gasteiger partial charge is 0.357 e. The molecule has 7 heavy (non-hydrogen) atoms. The molecule has 0 aliphatic rings. The van der Waals surface area contributed by atoms with Crippen LogP contribution < -0.4 is 3.69 Å². The second kappa shape index (κ2) is 4.07.